The molecule has 0 saturated heterocycles. The zero-order valence-corrected chi connectivity index (χ0v) is 10.2. The van der Waals surface area contributed by atoms with Gasteiger partial charge in [-0.2, -0.15) is 0 Å². The van der Waals surface area contributed by atoms with Crippen LogP contribution in [-0.2, 0) is 18.4 Å². The van der Waals surface area contributed by atoms with E-state index in [0.717, 1.165) is 6.08 Å². The van der Waals surface area contributed by atoms with E-state index in [-0.39, 0.29) is 13.2 Å². The number of aliphatic carboxylic acids is 1. The molecule has 7 heteroatoms. The summed E-state index contributed by atoms with van der Waals surface area (Å²) in [5.74, 6) is -1.88. The van der Waals surface area contributed by atoms with Crippen LogP contribution in [0.2, 0.25) is 0 Å². The van der Waals surface area contributed by atoms with Gasteiger partial charge in [-0.25, -0.2) is 9.18 Å². The standard InChI is InChI=1S/C9H16FO5P/c1-4-7-9(10,8(11)12)16(13,14-5-2)15-6-3/h4H,1,5-7H2,2-3H3,(H,11,12). The van der Waals surface area contributed by atoms with Gasteiger partial charge in [0.15, 0.2) is 0 Å². The molecule has 0 aliphatic heterocycles. The van der Waals surface area contributed by atoms with Crippen molar-refractivity contribution in [3.05, 3.63) is 12.7 Å². The molecule has 0 heterocycles. The second-order valence-corrected chi connectivity index (χ2v) is 5.11. The Bertz CT molecular complexity index is 296. The molecule has 94 valence electrons. The van der Waals surface area contributed by atoms with Gasteiger partial charge in [0.2, 0.25) is 0 Å². The van der Waals surface area contributed by atoms with E-state index in [0.29, 0.717) is 0 Å². The zero-order chi connectivity index (χ0) is 12.8. The second kappa shape index (κ2) is 6.13. The molecule has 1 N–H and O–H groups in total. The summed E-state index contributed by atoms with van der Waals surface area (Å²) >= 11 is 0. The van der Waals surface area contributed by atoms with Crippen LogP contribution in [0.15, 0.2) is 12.7 Å². The number of hydrogen-bond acceptors (Lipinski definition) is 4. The minimum Gasteiger partial charge on any atom is -0.478 e. The highest BCUT2D eigenvalue weighted by Gasteiger charge is 2.57. The fraction of sp³-hybridized carbons (Fsp3) is 0.667. The molecule has 0 aliphatic carbocycles. The van der Waals surface area contributed by atoms with E-state index in [9.17, 15) is 13.8 Å². The first-order valence-corrected chi connectivity index (χ1v) is 6.34. The summed E-state index contributed by atoms with van der Waals surface area (Å²) in [7, 11) is -4.35. The van der Waals surface area contributed by atoms with Gasteiger partial charge in [0.25, 0.3) is 0 Å². The first-order chi connectivity index (χ1) is 7.38. The average molecular weight is 254 g/mol. The highest BCUT2D eigenvalue weighted by Crippen LogP contribution is 2.62. The van der Waals surface area contributed by atoms with Gasteiger partial charge in [-0.3, -0.25) is 4.57 Å². The maximum atomic E-state index is 14.2. The van der Waals surface area contributed by atoms with Crippen molar-refractivity contribution < 1.29 is 27.9 Å². The Labute approximate surface area is 93.8 Å². The Morgan fingerprint density at radius 1 is 1.50 bits per heavy atom. The van der Waals surface area contributed by atoms with Gasteiger partial charge >= 0.3 is 19.0 Å². The highest BCUT2D eigenvalue weighted by molar-refractivity contribution is 7.56. The molecule has 1 atom stereocenters. The third-order valence-electron chi connectivity index (χ3n) is 1.77. The van der Waals surface area contributed by atoms with E-state index in [4.69, 9.17) is 5.11 Å². The first kappa shape index (κ1) is 15.3. The molecule has 0 radical (unpaired) electrons. The van der Waals surface area contributed by atoms with Crippen molar-refractivity contribution in [3.63, 3.8) is 0 Å². The summed E-state index contributed by atoms with van der Waals surface area (Å²) in [5.41, 5.74) is 0. The van der Waals surface area contributed by atoms with Crippen LogP contribution in [0.1, 0.15) is 20.3 Å². The molecule has 0 amide bonds. The minimum atomic E-state index is -4.35. The van der Waals surface area contributed by atoms with Gasteiger partial charge in [-0.15, -0.1) is 6.58 Å². The van der Waals surface area contributed by atoms with Crippen molar-refractivity contribution in [2.75, 3.05) is 13.2 Å². The third-order valence-corrected chi connectivity index (χ3v) is 4.21. The molecule has 0 aromatic carbocycles. The van der Waals surface area contributed by atoms with Crippen molar-refractivity contribution in [2.24, 2.45) is 0 Å². The Kier molecular flexibility index (Phi) is 5.86. The number of rotatable bonds is 8. The number of carboxylic acid groups (broad SMARTS) is 1. The van der Waals surface area contributed by atoms with Crippen LogP contribution in [0.3, 0.4) is 0 Å². The van der Waals surface area contributed by atoms with E-state index in [1.54, 1.807) is 0 Å². The van der Waals surface area contributed by atoms with Crippen LogP contribution in [0.25, 0.3) is 0 Å². The molecular weight excluding hydrogens is 238 g/mol. The van der Waals surface area contributed by atoms with Crippen molar-refractivity contribution >= 4 is 13.6 Å². The van der Waals surface area contributed by atoms with Crippen LogP contribution in [-0.4, -0.2) is 29.7 Å². The Morgan fingerprint density at radius 3 is 2.19 bits per heavy atom. The van der Waals surface area contributed by atoms with E-state index in [2.05, 4.69) is 15.6 Å². The molecule has 0 aliphatic rings. The summed E-state index contributed by atoms with van der Waals surface area (Å²) in [6.45, 7) is 5.97. The lowest BCUT2D eigenvalue weighted by Gasteiger charge is -2.27. The fourth-order valence-corrected chi connectivity index (χ4v) is 2.84. The largest absolute Gasteiger partial charge is 0.478 e. The lowest BCUT2D eigenvalue weighted by molar-refractivity contribution is -0.146. The zero-order valence-electron chi connectivity index (χ0n) is 9.31. The van der Waals surface area contributed by atoms with Crippen molar-refractivity contribution in [1.82, 2.24) is 0 Å². The maximum absolute atomic E-state index is 14.2. The van der Waals surface area contributed by atoms with Gasteiger partial charge in [0, 0.05) is 6.42 Å². The lowest BCUT2D eigenvalue weighted by Crippen LogP contribution is -2.34. The maximum Gasteiger partial charge on any atom is 0.379 e. The molecule has 0 rings (SSSR count). The van der Waals surface area contributed by atoms with E-state index >= 15 is 0 Å². The Hall–Kier alpha value is -0.710. The van der Waals surface area contributed by atoms with Crippen molar-refractivity contribution in [3.8, 4) is 0 Å². The number of halogens is 1. The molecule has 1 unspecified atom stereocenters. The number of allylic oxidation sites excluding steroid dienone is 1. The quantitative estimate of drug-likeness (QED) is 0.532. The predicted octanol–water partition coefficient (Wildman–Crippen LogP) is 2.58. The molecule has 0 aromatic heterocycles. The number of alkyl halides is 1. The number of carboxylic acids is 1. The smallest absolute Gasteiger partial charge is 0.379 e. The normalized spacial score (nSPS) is 15.4. The second-order valence-electron chi connectivity index (χ2n) is 2.89. The minimum absolute atomic E-state index is 0.104. The Morgan fingerprint density at radius 2 is 1.94 bits per heavy atom. The monoisotopic (exact) mass is 254 g/mol. The fourth-order valence-electron chi connectivity index (χ4n) is 1.09. The van der Waals surface area contributed by atoms with Gasteiger partial charge in [0.05, 0.1) is 13.2 Å². The van der Waals surface area contributed by atoms with Crippen LogP contribution in [0.5, 0.6) is 0 Å². The molecule has 0 saturated carbocycles. The number of carbonyl (C=O) groups is 1. The lowest BCUT2D eigenvalue weighted by atomic mass is 10.3. The topological polar surface area (TPSA) is 72.8 Å². The van der Waals surface area contributed by atoms with Gasteiger partial charge in [-0.05, 0) is 13.8 Å². The summed E-state index contributed by atoms with van der Waals surface area (Å²) < 4.78 is 35.5. The van der Waals surface area contributed by atoms with E-state index in [1.807, 2.05) is 0 Å². The first-order valence-electron chi connectivity index (χ1n) is 4.80. The van der Waals surface area contributed by atoms with Gasteiger partial charge < -0.3 is 14.2 Å². The molecule has 0 bridgehead atoms. The van der Waals surface area contributed by atoms with Crippen LogP contribution in [0, 0.1) is 0 Å². The molecule has 0 spiro atoms. The van der Waals surface area contributed by atoms with Crippen LogP contribution in [0.4, 0.5) is 4.39 Å². The molecule has 5 nitrogen and oxygen atoms in total. The van der Waals surface area contributed by atoms with E-state index in [1.165, 1.54) is 13.8 Å². The van der Waals surface area contributed by atoms with Crippen LogP contribution >= 0.6 is 7.60 Å². The van der Waals surface area contributed by atoms with Crippen molar-refractivity contribution in [1.29, 1.82) is 0 Å². The summed E-state index contributed by atoms with van der Waals surface area (Å²) in [6, 6.07) is 0. The molecular formula is C9H16FO5P. The SMILES string of the molecule is C=CCC(F)(C(=O)O)P(=O)(OCC)OCC. The van der Waals surface area contributed by atoms with Crippen molar-refractivity contribution in [2.45, 2.75) is 25.7 Å². The Balaban J connectivity index is 5.33. The predicted molar refractivity (Wildman–Crippen MR) is 57.1 cm³/mol. The summed E-state index contributed by atoms with van der Waals surface area (Å²) in [4.78, 5) is 10.9. The summed E-state index contributed by atoms with van der Waals surface area (Å²) in [6.07, 6.45) is 0.387. The van der Waals surface area contributed by atoms with Crippen LogP contribution < -0.4 is 0 Å². The number of hydrogen-bond donors (Lipinski definition) is 1. The third kappa shape index (κ3) is 2.90. The summed E-state index contributed by atoms with van der Waals surface area (Å²) in [5, 5.41) is 5.71. The van der Waals surface area contributed by atoms with Gasteiger partial charge in [-0.1, -0.05) is 6.08 Å². The molecule has 0 fully saturated rings. The van der Waals surface area contributed by atoms with Gasteiger partial charge in [0.1, 0.15) is 0 Å². The highest BCUT2D eigenvalue weighted by atomic mass is 31.2. The van der Waals surface area contributed by atoms with E-state index < -0.39 is 25.4 Å². The molecule has 16 heavy (non-hydrogen) atoms. The average Bonchev–Trinajstić information content (AvgIpc) is 2.18. The molecule has 0 aromatic rings.